The maximum Gasteiger partial charge on any atom is 0.312 e. The Balaban J connectivity index is 2.50. The lowest BCUT2D eigenvalue weighted by molar-refractivity contribution is -0.167. The number of aliphatic hydroxyl groups is 1. The molecule has 0 amide bonds. The van der Waals surface area contributed by atoms with E-state index in [4.69, 9.17) is 9.47 Å². The molecule has 0 radical (unpaired) electrons. The number of para-hydroxylation sites is 1. The summed E-state index contributed by atoms with van der Waals surface area (Å²) in [5.74, 6) is -0.309. The fourth-order valence-electron chi connectivity index (χ4n) is 3.24. The Labute approximate surface area is 126 Å². The highest BCUT2D eigenvalue weighted by Crippen LogP contribution is 2.48. The Morgan fingerprint density at radius 2 is 2.05 bits per heavy atom. The molecule has 21 heavy (non-hydrogen) atoms. The van der Waals surface area contributed by atoms with E-state index in [1.54, 1.807) is 6.92 Å². The van der Waals surface area contributed by atoms with Gasteiger partial charge in [0.2, 0.25) is 0 Å². The van der Waals surface area contributed by atoms with Crippen LogP contribution in [0.1, 0.15) is 46.1 Å². The van der Waals surface area contributed by atoms with Crippen LogP contribution in [-0.4, -0.2) is 23.3 Å². The van der Waals surface area contributed by atoms with Crippen LogP contribution < -0.4 is 4.74 Å². The summed E-state index contributed by atoms with van der Waals surface area (Å²) in [6, 6.07) is 7.38. The van der Waals surface area contributed by atoms with Crippen LogP contribution in [0.25, 0.3) is 0 Å². The van der Waals surface area contributed by atoms with Crippen LogP contribution in [-0.2, 0) is 15.1 Å². The highest BCUT2D eigenvalue weighted by atomic mass is 16.5. The van der Waals surface area contributed by atoms with Crippen LogP contribution >= 0.6 is 0 Å². The summed E-state index contributed by atoms with van der Waals surface area (Å²) < 4.78 is 11.1. The summed E-state index contributed by atoms with van der Waals surface area (Å²) in [6.07, 6.45) is 0.869. The third-order valence-electron chi connectivity index (χ3n) is 3.99. The lowest BCUT2D eigenvalue weighted by atomic mass is 9.71. The molecule has 0 saturated heterocycles. The molecule has 116 valence electrons. The van der Waals surface area contributed by atoms with Crippen molar-refractivity contribution in [2.24, 2.45) is 5.92 Å². The van der Waals surface area contributed by atoms with Crippen molar-refractivity contribution in [3.63, 3.8) is 0 Å². The van der Waals surface area contributed by atoms with Crippen molar-refractivity contribution in [3.8, 4) is 5.75 Å². The van der Waals surface area contributed by atoms with E-state index in [0.717, 1.165) is 0 Å². The van der Waals surface area contributed by atoms with Gasteiger partial charge in [-0.1, -0.05) is 25.1 Å². The molecule has 1 N–H and O–H groups in total. The first-order chi connectivity index (χ1) is 9.84. The smallest absolute Gasteiger partial charge is 0.312 e. The van der Waals surface area contributed by atoms with Crippen molar-refractivity contribution in [2.45, 2.75) is 51.7 Å². The second-order valence-electron chi connectivity index (χ2n) is 6.17. The highest BCUT2D eigenvalue weighted by Gasteiger charge is 2.51. The molecule has 1 aromatic carbocycles. The van der Waals surface area contributed by atoms with Gasteiger partial charge in [0.15, 0.2) is 0 Å². The number of rotatable bonds is 4. The van der Waals surface area contributed by atoms with E-state index in [9.17, 15) is 9.90 Å². The van der Waals surface area contributed by atoms with Crippen LogP contribution in [0, 0.1) is 5.92 Å². The van der Waals surface area contributed by atoms with Crippen molar-refractivity contribution in [1.29, 1.82) is 0 Å². The average Bonchev–Trinajstić information content (AvgIpc) is 2.38. The number of benzene rings is 1. The van der Waals surface area contributed by atoms with E-state index in [1.807, 2.05) is 45.0 Å². The second-order valence-corrected chi connectivity index (χ2v) is 6.17. The molecule has 0 aliphatic carbocycles. The van der Waals surface area contributed by atoms with Gasteiger partial charge >= 0.3 is 5.97 Å². The minimum atomic E-state index is -1.26. The Morgan fingerprint density at radius 3 is 2.67 bits per heavy atom. The van der Waals surface area contributed by atoms with Crippen molar-refractivity contribution in [2.75, 3.05) is 6.61 Å². The van der Waals surface area contributed by atoms with Gasteiger partial charge in [-0.2, -0.15) is 0 Å². The summed E-state index contributed by atoms with van der Waals surface area (Å²) in [5, 5.41) is 11.3. The number of carbonyl (C=O) groups excluding carboxylic acids is 1. The first kappa shape index (κ1) is 15.8. The van der Waals surface area contributed by atoms with Gasteiger partial charge < -0.3 is 14.6 Å². The fraction of sp³-hybridized carbons (Fsp3) is 0.588. The molecule has 1 heterocycles. The van der Waals surface area contributed by atoms with Crippen molar-refractivity contribution in [3.05, 3.63) is 29.8 Å². The molecule has 0 saturated carbocycles. The van der Waals surface area contributed by atoms with Gasteiger partial charge in [-0.3, -0.25) is 4.79 Å². The Morgan fingerprint density at radius 1 is 1.38 bits per heavy atom. The third-order valence-corrected chi connectivity index (χ3v) is 3.99. The van der Waals surface area contributed by atoms with Crippen LogP contribution in [0.4, 0.5) is 0 Å². The molecular formula is C17H24O4. The Kier molecular flexibility index (Phi) is 4.28. The summed E-state index contributed by atoms with van der Waals surface area (Å²) in [7, 11) is 0. The normalized spacial score (nSPS) is 24.6. The van der Waals surface area contributed by atoms with Crippen molar-refractivity contribution >= 4 is 5.97 Å². The number of esters is 1. The van der Waals surface area contributed by atoms with Gasteiger partial charge in [0.05, 0.1) is 12.5 Å². The standard InChI is InChI=1S/C17H24O4/c1-5-12(15(18)20-6-2)17(19)11-16(3,4)21-14-10-8-7-9-13(14)17/h7-10,12,19H,5-6,11H2,1-4H3. The van der Waals surface area contributed by atoms with E-state index in [-0.39, 0.29) is 5.97 Å². The monoisotopic (exact) mass is 292 g/mol. The zero-order valence-electron chi connectivity index (χ0n) is 13.2. The summed E-state index contributed by atoms with van der Waals surface area (Å²) in [4.78, 5) is 12.3. The molecule has 1 aliphatic rings. The maximum atomic E-state index is 12.3. The van der Waals surface area contributed by atoms with E-state index < -0.39 is 17.1 Å². The minimum Gasteiger partial charge on any atom is -0.487 e. The number of hydrogen-bond donors (Lipinski definition) is 1. The lowest BCUT2D eigenvalue weighted by Gasteiger charge is -2.45. The summed E-state index contributed by atoms with van der Waals surface area (Å²) in [5.41, 5.74) is -1.13. The quantitative estimate of drug-likeness (QED) is 0.867. The second kappa shape index (κ2) is 5.68. The lowest BCUT2D eigenvalue weighted by Crippen LogP contribution is -2.50. The molecule has 2 unspecified atom stereocenters. The summed E-state index contributed by atoms with van der Waals surface area (Å²) >= 11 is 0. The zero-order chi connectivity index (χ0) is 15.7. The molecule has 2 rings (SSSR count). The molecule has 1 aliphatic heterocycles. The van der Waals surface area contributed by atoms with E-state index in [1.165, 1.54) is 0 Å². The average molecular weight is 292 g/mol. The molecule has 2 atom stereocenters. The summed E-state index contributed by atoms with van der Waals surface area (Å²) in [6.45, 7) is 7.83. The molecule has 0 bridgehead atoms. The van der Waals surface area contributed by atoms with E-state index >= 15 is 0 Å². The van der Waals surface area contributed by atoms with Gasteiger partial charge in [0.25, 0.3) is 0 Å². The third kappa shape index (κ3) is 2.91. The molecule has 4 heteroatoms. The van der Waals surface area contributed by atoms with E-state index in [2.05, 4.69) is 0 Å². The first-order valence-electron chi connectivity index (χ1n) is 7.51. The van der Waals surface area contributed by atoms with Crippen molar-refractivity contribution in [1.82, 2.24) is 0 Å². The van der Waals surface area contributed by atoms with Gasteiger partial charge in [0, 0.05) is 12.0 Å². The largest absolute Gasteiger partial charge is 0.487 e. The molecule has 1 aromatic rings. The topological polar surface area (TPSA) is 55.8 Å². The molecule has 0 aromatic heterocycles. The van der Waals surface area contributed by atoms with Gasteiger partial charge in [-0.15, -0.1) is 0 Å². The molecule has 4 nitrogen and oxygen atoms in total. The van der Waals surface area contributed by atoms with Crippen LogP contribution in [0.5, 0.6) is 5.75 Å². The number of ether oxygens (including phenoxy) is 2. The number of carbonyl (C=O) groups is 1. The van der Waals surface area contributed by atoms with Crippen molar-refractivity contribution < 1.29 is 19.4 Å². The fourth-order valence-corrected chi connectivity index (χ4v) is 3.24. The minimum absolute atomic E-state index is 0.312. The number of fused-ring (bicyclic) bond motifs is 1. The van der Waals surface area contributed by atoms with Crippen LogP contribution in [0.3, 0.4) is 0 Å². The van der Waals surface area contributed by atoms with Gasteiger partial charge in [0.1, 0.15) is 17.0 Å². The predicted octanol–water partition coefficient (Wildman–Crippen LogP) is 3.02. The zero-order valence-corrected chi connectivity index (χ0v) is 13.2. The Hall–Kier alpha value is -1.55. The first-order valence-corrected chi connectivity index (χ1v) is 7.51. The van der Waals surface area contributed by atoms with Crippen LogP contribution in [0.15, 0.2) is 24.3 Å². The van der Waals surface area contributed by atoms with Crippen LogP contribution in [0.2, 0.25) is 0 Å². The molecule has 0 fully saturated rings. The van der Waals surface area contributed by atoms with Gasteiger partial charge in [-0.05, 0) is 33.3 Å². The molecule has 0 spiro atoms. The van der Waals surface area contributed by atoms with E-state index in [0.29, 0.717) is 30.8 Å². The Bertz CT molecular complexity index is 523. The number of hydrogen-bond acceptors (Lipinski definition) is 4. The van der Waals surface area contributed by atoms with Gasteiger partial charge in [-0.25, -0.2) is 0 Å². The molecular weight excluding hydrogens is 268 g/mol. The maximum absolute atomic E-state index is 12.3. The SMILES string of the molecule is CCOC(=O)C(CC)C1(O)CC(C)(C)Oc2ccccc21. The highest BCUT2D eigenvalue weighted by molar-refractivity contribution is 5.74. The predicted molar refractivity (Wildman–Crippen MR) is 80.1 cm³/mol.